The normalized spacial score (nSPS) is 12.8. The average Bonchev–Trinajstić information content (AvgIpc) is 2.89. The molecule has 0 aromatic heterocycles. The van der Waals surface area contributed by atoms with Crippen molar-refractivity contribution in [1.29, 1.82) is 0 Å². The van der Waals surface area contributed by atoms with Crippen LogP contribution in [0, 0.1) is 17.3 Å². The van der Waals surface area contributed by atoms with E-state index in [-0.39, 0.29) is 62.1 Å². The van der Waals surface area contributed by atoms with Crippen molar-refractivity contribution in [3.63, 3.8) is 0 Å². The first kappa shape index (κ1) is 35.6. The number of carbonyl (C=O) groups is 5. The van der Waals surface area contributed by atoms with Gasteiger partial charge < -0.3 is 31.2 Å². The number of rotatable bonds is 18. The molecule has 0 aliphatic rings. The Balaban J connectivity index is 2.88. The summed E-state index contributed by atoms with van der Waals surface area (Å²) in [4.78, 5) is 62.0. The van der Waals surface area contributed by atoms with Crippen molar-refractivity contribution in [3.05, 3.63) is 29.8 Å². The molecule has 11 nitrogen and oxygen atoms in total. The topological polar surface area (TPSA) is 166 Å². The molecule has 0 spiro atoms. The van der Waals surface area contributed by atoms with Gasteiger partial charge in [-0.2, -0.15) is 0 Å². The summed E-state index contributed by atoms with van der Waals surface area (Å²) >= 11 is 0. The number of nitrogens with two attached hydrogens (primary N) is 1. The number of ketones is 1. The predicted octanol–water partition coefficient (Wildman–Crippen LogP) is 3.70. The number of benzene rings is 1. The quantitative estimate of drug-likeness (QED) is 0.153. The van der Waals surface area contributed by atoms with Crippen molar-refractivity contribution in [2.45, 2.75) is 86.3 Å². The summed E-state index contributed by atoms with van der Waals surface area (Å²) in [6.45, 7) is 12.2. The second-order valence-corrected chi connectivity index (χ2v) is 11.5. The van der Waals surface area contributed by atoms with Crippen LogP contribution in [0.4, 0.5) is 10.5 Å². The maximum absolute atomic E-state index is 13.3. The minimum Gasteiger partial charge on any atom is -0.460 e. The molecule has 0 aliphatic carbocycles. The van der Waals surface area contributed by atoms with Crippen molar-refractivity contribution in [2.24, 2.45) is 23.0 Å². The van der Waals surface area contributed by atoms with Crippen molar-refractivity contribution >= 4 is 35.3 Å². The SMILES string of the molecule is CCCOCCC(=O)N[C@H](C(=O)C[C@@H](CCCNC(N)=O)C(=O)Nc1ccc(COC(=O)C(C)(C)C)cc1)C(C)C. The lowest BCUT2D eigenvalue weighted by Gasteiger charge is -2.24. The van der Waals surface area contributed by atoms with Crippen LogP contribution in [0.15, 0.2) is 24.3 Å². The van der Waals surface area contributed by atoms with E-state index < -0.39 is 23.4 Å². The van der Waals surface area contributed by atoms with Gasteiger partial charge >= 0.3 is 12.0 Å². The third-order valence-electron chi connectivity index (χ3n) is 6.20. The Labute approximate surface area is 243 Å². The molecule has 0 saturated heterocycles. The number of primary amides is 1. The third-order valence-corrected chi connectivity index (χ3v) is 6.20. The Bertz CT molecular complexity index is 1000. The number of hydrogen-bond acceptors (Lipinski definition) is 7. The lowest BCUT2D eigenvalue weighted by Crippen LogP contribution is -2.45. The van der Waals surface area contributed by atoms with Gasteiger partial charge in [-0.15, -0.1) is 0 Å². The summed E-state index contributed by atoms with van der Waals surface area (Å²) < 4.78 is 10.7. The highest BCUT2D eigenvalue weighted by Crippen LogP contribution is 2.20. The van der Waals surface area contributed by atoms with Crippen molar-refractivity contribution in [2.75, 3.05) is 25.1 Å². The molecular weight excluding hydrogens is 528 g/mol. The minimum atomic E-state index is -0.747. The van der Waals surface area contributed by atoms with E-state index in [1.54, 1.807) is 45.0 Å². The molecule has 2 atom stereocenters. The zero-order valence-corrected chi connectivity index (χ0v) is 25.3. The molecule has 41 heavy (non-hydrogen) atoms. The second kappa shape index (κ2) is 18.1. The van der Waals surface area contributed by atoms with Gasteiger partial charge in [0.15, 0.2) is 5.78 Å². The van der Waals surface area contributed by atoms with E-state index in [0.29, 0.717) is 25.1 Å². The molecule has 0 radical (unpaired) electrons. The van der Waals surface area contributed by atoms with Gasteiger partial charge in [0.1, 0.15) is 6.61 Å². The van der Waals surface area contributed by atoms with E-state index in [9.17, 15) is 24.0 Å². The zero-order chi connectivity index (χ0) is 31.0. The van der Waals surface area contributed by atoms with E-state index >= 15 is 0 Å². The number of nitrogens with one attached hydrogen (secondary N) is 3. The molecule has 0 saturated carbocycles. The van der Waals surface area contributed by atoms with Crippen LogP contribution < -0.4 is 21.7 Å². The summed E-state index contributed by atoms with van der Waals surface area (Å²) in [7, 11) is 0. The average molecular weight is 577 g/mol. The Hall–Kier alpha value is -3.47. The number of hydrogen-bond donors (Lipinski definition) is 4. The number of Topliss-reactive ketones (excluding diaryl/α,β-unsaturated/α-hetero) is 1. The fourth-order valence-corrected chi connectivity index (χ4v) is 3.83. The van der Waals surface area contributed by atoms with Crippen molar-refractivity contribution < 1.29 is 33.4 Å². The van der Waals surface area contributed by atoms with Gasteiger partial charge in [-0.1, -0.05) is 32.9 Å². The molecule has 0 bridgehead atoms. The highest BCUT2D eigenvalue weighted by atomic mass is 16.5. The van der Waals surface area contributed by atoms with Crippen LogP contribution in [-0.2, 0) is 35.3 Å². The number of ether oxygens (including phenoxy) is 2. The molecule has 230 valence electrons. The maximum Gasteiger partial charge on any atom is 0.312 e. The smallest absolute Gasteiger partial charge is 0.312 e. The number of carbonyl (C=O) groups excluding carboxylic acids is 5. The standard InChI is InChI=1S/C30H48N4O7/c1-7-16-40-17-14-25(36)34-26(20(2)3)24(35)18-22(9-8-15-32-29(31)39)27(37)33-23-12-10-21(11-13-23)19-41-28(38)30(4,5)6/h10-13,20,22,26H,7-9,14-19H2,1-6H3,(H,33,37)(H,34,36)(H3,31,32,39)/t22-,26+/m1/s1. The number of urea groups is 1. The highest BCUT2D eigenvalue weighted by Gasteiger charge is 2.29. The first-order valence-electron chi connectivity index (χ1n) is 14.2. The summed E-state index contributed by atoms with van der Waals surface area (Å²) in [5.74, 6) is -2.08. The summed E-state index contributed by atoms with van der Waals surface area (Å²) in [6.07, 6.45) is 1.66. The molecule has 1 rings (SSSR count). The highest BCUT2D eigenvalue weighted by molar-refractivity contribution is 5.97. The van der Waals surface area contributed by atoms with Crippen LogP contribution >= 0.6 is 0 Å². The second-order valence-electron chi connectivity index (χ2n) is 11.5. The lowest BCUT2D eigenvalue weighted by atomic mass is 9.89. The van der Waals surface area contributed by atoms with Gasteiger partial charge in [0.25, 0.3) is 0 Å². The van der Waals surface area contributed by atoms with Crippen molar-refractivity contribution in [1.82, 2.24) is 10.6 Å². The minimum absolute atomic E-state index is 0.0846. The Morgan fingerprint density at radius 3 is 2.22 bits per heavy atom. The monoisotopic (exact) mass is 576 g/mol. The van der Waals surface area contributed by atoms with Crippen LogP contribution in [0.1, 0.15) is 79.2 Å². The fraction of sp³-hybridized carbons (Fsp3) is 0.633. The van der Waals surface area contributed by atoms with Gasteiger partial charge in [0.05, 0.1) is 18.1 Å². The number of anilines is 1. The van der Waals surface area contributed by atoms with E-state index in [2.05, 4.69) is 16.0 Å². The summed E-state index contributed by atoms with van der Waals surface area (Å²) in [6, 6.07) is 5.48. The summed E-state index contributed by atoms with van der Waals surface area (Å²) in [5, 5.41) is 8.13. The van der Waals surface area contributed by atoms with Crippen molar-refractivity contribution in [3.8, 4) is 0 Å². The molecule has 0 aliphatic heterocycles. The first-order valence-corrected chi connectivity index (χ1v) is 14.2. The third kappa shape index (κ3) is 14.6. The first-order chi connectivity index (χ1) is 19.2. The fourth-order valence-electron chi connectivity index (χ4n) is 3.83. The van der Waals surface area contributed by atoms with E-state index in [1.807, 2.05) is 20.8 Å². The van der Waals surface area contributed by atoms with Crippen LogP contribution in [0.5, 0.6) is 0 Å². The van der Waals surface area contributed by atoms with Crippen LogP contribution in [-0.4, -0.2) is 55.4 Å². The molecule has 11 heteroatoms. The predicted molar refractivity (Wildman–Crippen MR) is 157 cm³/mol. The lowest BCUT2D eigenvalue weighted by molar-refractivity contribution is -0.154. The number of amides is 4. The number of esters is 1. The van der Waals surface area contributed by atoms with Gasteiger partial charge in [0, 0.05) is 37.6 Å². The molecule has 0 heterocycles. The van der Waals surface area contributed by atoms with Gasteiger partial charge in [-0.05, 0) is 63.6 Å². The van der Waals surface area contributed by atoms with Crippen LogP contribution in [0.25, 0.3) is 0 Å². The molecule has 5 N–H and O–H groups in total. The molecule has 0 fully saturated rings. The maximum atomic E-state index is 13.3. The zero-order valence-electron chi connectivity index (χ0n) is 25.3. The van der Waals surface area contributed by atoms with Crippen LogP contribution in [0.2, 0.25) is 0 Å². The molecule has 0 unspecified atom stereocenters. The molecule has 1 aromatic rings. The van der Waals surface area contributed by atoms with E-state index in [1.165, 1.54) is 0 Å². The largest absolute Gasteiger partial charge is 0.460 e. The van der Waals surface area contributed by atoms with Gasteiger partial charge in [0.2, 0.25) is 11.8 Å². The Morgan fingerprint density at radius 2 is 1.66 bits per heavy atom. The molecule has 4 amide bonds. The molecular formula is C30H48N4O7. The van der Waals surface area contributed by atoms with E-state index in [4.69, 9.17) is 15.2 Å². The van der Waals surface area contributed by atoms with Gasteiger partial charge in [-0.25, -0.2) is 4.79 Å². The van der Waals surface area contributed by atoms with E-state index in [0.717, 1.165) is 12.0 Å². The van der Waals surface area contributed by atoms with Gasteiger partial charge in [-0.3, -0.25) is 19.2 Å². The Kier molecular flexibility index (Phi) is 15.7. The van der Waals surface area contributed by atoms with Crippen LogP contribution in [0.3, 0.4) is 0 Å². The molecule has 1 aromatic carbocycles. The Morgan fingerprint density at radius 1 is 1.00 bits per heavy atom. The summed E-state index contributed by atoms with van der Waals surface area (Å²) in [5.41, 5.74) is 5.82.